The molecule has 0 bridgehead atoms. The second-order valence-corrected chi connectivity index (χ2v) is 8.35. The molecule has 0 fully saturated rings. The molecule has 2 aromatic rings. The Balaban J connectivity index is 1.99. The molecule has 1 N–H and O–H groups in total. The SMILES string of the molecule is CCN1CCc2c(cccc2Nc2ccc(S(=O)(=O)C(F)F)cc2[N+](=O)[O-])C1. The largest absolute Gasteiger partial charge is 0.350 e. The van der Waals surface area contributed by atoms with E-state index in [2.05, 4.69) is 17.1 Å². The van der Waals surface area contributed by atoms with Crippen LogP contribution in [-0.4, -0.2) is 37.1 Å². The molecule has 150 valence electrons. The zero-order valence-electron chi connectivity index (χ0n) is 15.1. The molecule has 0 saturated heterocycles. The molecule has 0 spiro atoms. The molecular weight excluding hydrogens is 392 g/mol. The minimum absolute atomic E-state index is 0.0459. The first-order valence-electron chi connectivity index (χ1n) is 8.64. The van der Waals surface area contributed by atoms with Crippen molar-refractivity contribution in [1.82, 2.24) is 4.90 Å². The predicted octanol–water partition coefficient (Wildman–Crippen LogP) is 3.71. The number of hydrogen-bond acceptors (Lipinski definition) is 6. The van der Waals surface area contributed by atoms with Crippen LogP contribution >= 0.6 is 0 Å². The van der Waals surface area contributed by atoms with E-state index in [-0.39, 0.29) is 5.69 Å². The van der Waals surface area contributed by atoms with E-state index in [4.69, 9.17) is 0 Å². The number of nitrogens with one attached hydrogen (secondary N) is 1. The smallest absolute Gasteiger partial charge is 0.341 e. The van der Waals surface area contributed by atoms with Gasteiger partial charge in [-0.2, -0.15) is 8.78 Å². The first-order chi connectivity index (χ1) is 13.2. The van der Waals surface area contributed by atoms with E-state index < -0.39 is 31.1 Å². The van der Waals surface area contributed by atoms with E-state index in [1.807, 2.05) is 12.1 Å². The predicted molar refractivity (Wildman–Crippen MR) is 101 cm³/mol. The van der Waals surface area contributed by atoms with Crippen molar-refractivity contribution in [3.8, 4) is 0 Å². The molecule has 28 heavy (non-hydrogen) atoms. The minimum atomic E-state index is -4.92. The topological polar surface area (TPSA) is 92.6 Å². The van der Waals surface area contributed by atoms with Crippen molar-refractivity contribution >= 4 is 26.9 Å². The van der Waals surface area contributed by atoms with Gasteiger partial charge in [0.15, 0.2) is 0 Å². The maximum atomic E-state index is 12.8. The number of anilines is 2. The maximum absolute atomic E-state index is 12.8. The molecule has 1 aliphatic rings. The van der Waals surface area contributed by atoms with Crippen LogP contribution in [0.5, 0.6) is 0 Å². The Bertz CT molecular complexity index is 1010. The summed E-state index contributed by atoms with van der Waals surface area (Å²) in [6, 6.07) is 8.38. The molecule has 0 aromatic heterocycles. The van der Waals surface area contributed by atoms with Crippen LogP contribution in [0, 0.1) is 10.1 Å². The van der Waals surface area contributed by atoms with E-state index in [1.165, 1.54) is 0 Å². The van der Waals surface area contributed by atoms with Gasteiger partial charge in [-0.1, -0.05) is 19.1 Å². The number of nitrogens with zero attached hydrogens (tertiary/aromatic N) is 2. The van der Waals surface area contributed by atoms with Crippen molar-refractivity contribution in [2.45, 2.75) is 30.5 Å². The number of alkyl halides is 2. The van der Waals surface area contributed by atoms with Gasteiger partial charge in [-0.3, -0.25) is 15.0 Å². The van der Waals surface area contributed by atoms with Crippen molar-refractivity contribution in [3.63, 3.8) is 0 Å². The Kier molecular flexibility index (Phi) is 5.61. The highest BCUT2D eigenvalue weighted by Gasteiger charge is 2.29. The van der Waals surface area contributed by atoms with Gasteiger partial charge in [0.05, 0.1) is 9.82 Å². The van der Waals surface area contributed by atoms with Crippen LogP contribution in [0.2, 0.25) is 0 Å². The van der Waals surface area contributed by atoms with Gasteiger partial charge in [0.2, 0.25) is 9.84 Å². The number of benzene rings is 2. The third-order valence-electron chi connectivity index (χ3n) is 4.79. The third-order valence-corrected chi connectivity index (χ3v) is 6.17. The van der Waals surface area contributed by atoms with Crippen LogP contribution in [0.4, 0.5) is 25.8 Å². The van der Waals surface area contributed by atoms with E-state index in [0.29, 0.717) is 11.8 Å². The van der Waals surface area contributed by atoms with Gasteiger partial charge in [-0.25, -0.2) is 8.42 Å². The Morgan fingerprint density at radius 3 is 2.64 bits per heavy atom. The summed E-state index contributed by atoms with van der Waals surface area (Å²) in [7, 11) is -4.92. The van der Waals surface area contributed by atoms with Crippen molar-refractivity contribution in [2.75, 3.05) is 18.4 Å². The minimum Gasteiger partial charge on any atom is -0.350 e. The van der Waals surface area contributed by atoms with Gasteiger partial charge >= 0.3 is 5.76 Å². The van der Waals surface area contributed by atoms with Crippen LogP contribution in [-0.2, 0) is 22.8 Å². The van der Waals surface area contributed by atoms with Gasteiger partial charge in [0.1, 0.15) is 5.69 Å². The number of hydrogen-bond donors (Lipinski definition) is 1. The Morgan fingerprint density at radius 1 is 1.25 bits per heavy atom. The van der Waals surface area contributed by atoms with Crippen LogP contribution in [0.25, 0.3) is 0 Å². The van der Waals surface area contributed by atoms with Crippen molar-refractivity contribution in [3.05, 3.63) is 57.6 Å². The molecule has 7 nitrogen and oxygen atoms in total. The lowest BCUT2D eigenvalue weighted by atomic mass is 9.97. The standard InChI is InChI=1S/C18H19F2N3O4S/c1-2-22-9-8-14-12(11-22)4-3-5-15(14)21-16-7-6-13(10-17(16)23(24)25)28(26,27)18(19)20/h3-7,10,18,21H,2,8-9,11H2,1H3. The highest BCUT2D eigenvalue weighted by molar-refractivity contribution is 7.91. The summed E-state index contributed by atoms with van der Waals surface area (Å²) >= 11 is 0. The lowest BCUT2D eigenvalue weighted by Crippen LogP contribution is -2.30. The number of halogens is 2. The zero-order valence-corrected chi connectivity index (χ0v) is 15.9. The lowest BCUT2D eigenvalue weighted by Gasteiger charge is -2.29. The molecule has 0 aliphatic carbocycles. The number of nitro groups is 1. The number of likely N-dealkylation sites (N-methyl/N-ethyl adjacent to an activating group) is 1. The van der Waals surface area contributed by atoms with Crippen LogP contribution < -0.4 is 5.32 Å². The number of fused-ring (bicyclic) bond motifs is 1. The summed E-state index contributed by atoms with van der Waals surface area (Å²) in [5, 5.41) is 14.4. The molecule has 10 heteroatoms. The molecule has 1 aliphatic heterocycles. The number of rotatable bonds is 6. The summed E-state index contributed by atoms with van der Waals surface area (Å²) in [5.41, 5.74) is 2.29. The fraction of sp³-hybridized carbons (Fsp3) is 0.333. The van der Waals surface area contributed by atoms with Crippen LogP contribution in [0.1, 0.15) is 18.1 Å². The number of nitro benzene ring substituents is 1. The Morgan fingerprint density at radius 2 is 2.00 bits per heavy atom. The van der Waals surface area contributed by atoms with E-state index in [1.54, 1.807) is 6.07 Å². The van der Waals surface area contributed by atoms with E-state index >= 15 is 0 Å². The van der Waals surface area contributed by atoms with Crippen molar-refractivity contribution in [2.24, 2.45) is 0 Å². The fourth-order valence-electron chi connectivity index (χ4n) is 3.25. The quantitative estimate of drug-likeness (QED) is 0.575. The molecule has 3 rings (SSSR count). The van der Waals surface area contributed by atoms with Gasteiger partial charge in [0, 0.05) is 24.8 Å². The first kappa shape index (κ1) is 20.2. The lowest BCUT2D eigenvalue weighted by molar-refractivity contribution is -0.384. The normalized spacial score (nSPS) is 14.7. The van der Waals surface area contributed by atoms with Crippen molar-refractivity contribution < 1.29 is 22.1 Å². The molecule has 2 aromatic carbocycles. The average Bonchev–Trinajstić information content (AvgIpc) is 2.67. The monoisotopic (exact) mass is 411 g/mol. The van der Waals surface area contributed by atoms with Gasteiger partial charge in [-0.05, 0) is 42.3 Å². The summed E-state index contributed by atoms with van der Waals surface area (Å²) in [6.07, 6.45) is 0.762. The third kappa shape index (κ3) is 3.83. The molecule has 0 saturated carbocycles. The van der Waals surface area contributed by atoms with Gasteiger partial charge in [0.25, 0.3) is 5.69 Å². The Labute approximate surface area is 161 Å². The maximum Gasteiger partial charge on any atom is 0.341 e. The van der Waals surface area contributed by atoms with E-state index in [9.17, 15) is 27.3 Å². The molecule has 0 amide bonds. The second-order valence-electron chi connectivity index (χ2n) is 6.43. The first-order valence-corrected chi connectivity index (χ1v) is 10.2. The Hall–Kier alpha value is -2.59. The average molecular weight is 411 g/mol. The molecule has 0 radical (unpaired) electrons. The van der Waals surface area contributed by atoms with Crippen LogP contribution in [0.3, 0.4) is 0 Å². The molecule has 1 heterocycles. The summed E-state index contributed by atoms with van der Waals surface area (Å²) in [5.74, 6) is -3.64. The van der Waals surface area contributed by atoms with Crippen molar-refractivity contribution in [1.29, 1.82) is 0 Å². The zero-order chi connectivity index (χ0) is 20.5. The summed E-state index contributed by atoms with van der Waals surface area (Å²) in [6.45, 7) is 4.62. The fourth-order valence-corrected chi connectivity index (χ4v) is 3.99. The number of sulfone groups is 1. The van der Waals surface area contributed by atoms with Gasteiger partial charge in [-0.15, -0.1) is 0 Å². The van der Waals surface area contributed by atoms with E-state index in [0.717, 1.165) is 49.3 Å². The summed E-state index contributed by atoms with van der Waals surface area (Å²) < 4.78 is 48.8. The molecule has 0 atom stereocenters. The molecule has 0 unspecified atom stereocenters. The van der Waals surface area contributed by atoms with Crippen LogP contribution in [0.15, 0.2) is 41.3 Å². The van der Waals surface area contributed by atoms with Gasteiger partial charge < -0.3 is 5.32 Å². The second kappa shape index (κ2) is 7.80. The molecular formula is C18H19F2N3O4S. The highest BCUT2D eigenvalue weighted by Crippen LogP contribution is 2.34. The highest BCUT2D eigenvalue weighted by atomic mass is 32.2. The summed E-state index contributed by atoms with van der Waals surface area (Å²) in [4.78, 5) is 12.1.